The van der Waals surface area contributed by atoms with Gasteiger partial charge in [-0.2, -0.15) is 0 Å². The molecule has 0 spiro atoms. The second-order valence-electron chi connectivity index (χ2n) is 5.35. The fourth-order valence-corrected chi connectivity index (χ4v) is 3.41. The van der Waals surface area contributed by atoms with Crippen LogP contribution in [0.2, 0.25) is 0 Å². The van der Waals surface area contributed by atoms with Gasteiger partial charge in [0.15, 0.2) is 5.13 Å². The van der Waals surface area contributed by atoms with Gasteiger partial charge in [0.2, 0.25) is 11.8 Å². The SMILES string of the molecule is Cc1ccc2nc(NC(=O)[C@@H]3CCCCC(=O)N3)sc2c1. The molecule has 6 heteroatoms. The van der Waals surface area contributed by atoms with Gasteiger partial charge in [-0.15, -0.1) is 0 Å². The Morgan fingerprint density at radius 2 is 2.29 bits per heavy atom. The number of carbonyl (C=O) groups is 2. The summed E-state index contributed by atoms with van der Waals surface area (Å²) in [6, 6.07) is 5.55. The quantitative estimate of drug-likeness (QED) is 0.896. The molecule has 0 unspecified atom stereocenters. The van der Waals surface area contributed by atoms with Gasteiger partial charge in [-0.1, -0.05) is 23.8 Å². The van der Waals surface area contributed by atoms with Gasteiger partial charge in [-0.05, 0) is 37.5 Å². The first-order valence-electron chi connectivity index (χ1n) is 7.09. The summed E-state index contributed by atoms with van der Waals surface area (Å²) in [5, 5.41) is 6.17. The first kappa shape index (κ1) is 14.0. The third-order valence-corrected chi connectivity index (χ3v) is 4.51. The standard InChI is InChI=1S/C15H17N3O2S/c1-9-6-7-10-12(8-9)21-15(17-10)18-14(20)11-4-2-3-5-13(19)16-11/h6-8,11H,2-5H2,1H3,(H,16,19)(H,17,18,20)/t11-/m0/s1. The van der Waals surface area contributed by atoms with Crippen molar-refractivity contribution < 1.29 is 9.59 Å². The maximum absolute atomic E-state index is 12.3. The zero-order valence-corrected chi connectivity index (χ0v) is 12.6. The molecule has 2 heterocycles. The van der Waals surface area contributed by atoms with Crippen LogP contribution in [0.3, 0.4) is 0 Å². The molecule has 21 heavy (non-hydrogen) atoms. The van der Waals surface area contributed by atoms with E-state index in [1.807, 2.05) is 19.1 Å². The Morgan fingerprint density at radius 1 is 1.43 bits per heavy atom. The van der Waals surface area contributed by atoms with Crippen LogP contribution in [0, 0.1) is 6.92 Å². The molecule has 0 radical (unpaired) electrons. The van der Waals surface area contributed by atoms with E-state index in [0.29, 0.717) is 18.0 Å². The number of thiazole rings is 1. The zero-order valence-electron chi connectivity index (χ0n) is 11.8. The van der Waals surface area contributed by atoms with Gasteiger partial charge in [0, 0.05) is 6.42 Å². The second-order valence-corrected chi connectivity index (χ2v) is 6.38. The molecule has 3 rings (SSSR count). The molecule has 2 aromatic rings. The predicted molar refractivity (Wildman–Crippen MR) is 83.4 cm³/mol. The summed E-state index contributed by atoms with van der Waals surface area (Å²) in [5.74, 6) is -0.228. The van der Waals surface area contributed by atoms with Crippen molar-refractivity contribution in [3.8, 4) is 0 Å². The second kappa shape index (κ2) is 5.81. The largest absolute Gasteiger partial charge is 0.344 e. The van der Waals surface area contributed by atoms with E-state index in [1.54, 1.807) is 0 Å². The molecule has 0 saturated carbocycles. The Balaban J connectivity index is 1.74. The third-order valence-electron chi connectivity index (χ3n) is 3.57. The van der Waals surface area contributed by atoms with E-state index in [1.165, 1.54) is 16.9 Å². The molecule has 0 bridgehead atoms. The monoisotopic (exact) mass is 303 g/mol. The number of anilines is 1. The molecule has 1 saturated heterocycles. The summed E-state index contributed by atoms with van der Waals surface area (Å²) in [4.78, 5) is 28.2. The molecule has 110 valence electrons. The third kappa shape index (κ3) is 3.21. The Kier molecular flexibility index (Phi) is 3.88. The molecule has 0 aliphatic carbocycles. The van der Waals surface area contributed by atoms with Crippen LogP contribution in [0.1, 0.15) is 31.2 Å². The van der Waals surface area contributed by atoms with E-state index in [2.05, 4.69) is 21.7 Å². The van der Waals surface area contributed by atoms with Crippen LogP contribution in [-0.2, 0) is 9.59 Å². The van der Waals surface area contributed by atoms with E-state index in [4.69, 9.17) is 0 Å². The average Bonchev–Trinajstić information content (AvgIpc) is 2.69. The first-order valence-corrected chi connectivity index (χ1v) is 7.91. The molecule has 5 nitrogen and oxygen atoms in total. The van der Waals surface area contributed by atoms with E-state index in [-0.39, 0.29) is 11.8 Å². The van der Waals surface area contributed by atoms with Gasteiger partial charge >= 0.3 is 0 Å². The first-order chi connectivity index (χ1) is 10.1. The van der Waals surface area contributed by atoms with Crippen LogP contribution >= 0.6 is 11.3 Å². The molecule has 1 aliphatic heterocycles. The number of hydrogen-bond donors (Lipinski definition) is 2. The number of fused-ring (bicyclic) bond motifs is 1. The minimum atomic E-state index is -0.450. The van der Waals surface area contributed by atoms with E-state index < -0.39 is 6.04 Å². The molecule has 1 aromatic carbocycles. The lowest BCUT2D eigenvalue weighted by molar-refractivity contribution is -0.125. The summed E-state index contributed by atoms with van der Waals surface area (Å²) in [7, 11) is 0. The lowest BCUT2D eigenvalue weighted by Gasteiger charge is -2.14. The number of nitrogens with one attached hydrogen (secondary N) is 2. The van der Waals surface area contributed by atoms with Crippen LogP contribution in [-0.4, -0.2) is 22.8 Å². The zero-order chi connectivity index (χ0) is 14.8. The van der Waals surface area contributed by atoms with Crippen LogP contribution in [0.25, 0.3) is 10.2 Å². The lowest BCUT2D eigenvalue weighted by atomic mass is 10.1. The molecule has 1 atom stereocenters. The number of amides is 2. The summed E-state index contributed by atoms with van der Waals surface area (Å²) in [5.41, 5.74) is 2.05. The Labute approximate surface area is 126 Å². The molecule has 1 fully saturated rings. The molecular formula is C15H17N3O2S. The van der Waals surface area contributed by atoms with E-state index >= 15 is 0 Å². The van der Waals surface area contributed by atoms with Crippen LogP contribution < -0.4 is 10.6 Å². The van der Waals surface area contributed by atoms with E-state index in [9.17, 15) is 9.59 Å². The number of rotatable bonds is 2. The van der Waals surface area contributed by atoms with Crippen LogP contribution in [0.15, 0.2) is 18.2 Å². The predicted octanol–water partition coefficient (Wildman–Crippen LogP) is 2.60. The van der Waals surface area contributed by atoms with Crippen molar-refractivity contribution in [3.05, 3.63) is 23.8 Å². The van der Waals surface area contributed by atoms with E-state index in [0.717, 1.165) is 23.1 Å². The summed E-state index contributed by atoms with van der Waals surface area (Å²) < 4.78 is 1.05. The van der Waals surface area contributed by atoms with Crippen molar-refractivity contribution in [2.75, 3.05) is 5.32 Å². The molecular weight excluding hydrogens is 286 g/mol. The van der Waals surface area contributed by atoms with Crippen molar-refractivity contribution in [2.45, 2.75) is 38.6 Å². The van der Waals surface area contributed by atoms with Gasteiger partial charge in [0.25, 0.3) is 0 Å². The van der Waals surface area contributed by atoms with Crippen molar-refractivity contribution in [2.24, 2.45) is 0 Å². The highest BCUT2D eigenvalue weighted by atomic mass is 32.1. The maximum Gasteiger partial charge on any atom is 0.248 e. The van der Waals surface area contributed by atoms with Crippen LogP contribution in [0.5, 0.6) is 0 Å². The van der Waals surface area contributed by atoms with Gasteiger partial charge in [0.1, 0.15) is 6.04 Å². The minimum Gasteiger partial charge on any atom is -0.344 e. The highest BCUT2D eigenvalue weighted by Crippen LogP contribution is 2.27. The summed E-state index contributed by atoms with van der Waals surface area (Å²) >= 11 is 1.45. The molecule has 2 N–H and O–H groups in total. The fourth-order valence-electron chi connectivity index (χ4n) is 2.45. The summed E-state index contributed by atoms with van der Waals surface area (Å²) in [6.07, 6.45) is 2.91. The normalized spacial score (nSPS) is 19.1. The van der Waals surface area contributed by atoms with Gasteiger partial charge in [-0.3, -0.25) is 9.59 Å². The smallest absolute Gasteiger partial charge is 0.248 e. The lowest BCUT2D eigenvalue weighted by Crippen LogP contribution is -2.42. The average molecular weight is 303 g/mol. The van der Waals surface area contributed by atoms with Gasteiger partial charge in [-0.25, -0.2) is 4.98 Å². The topological polar surface area (TPSA) is 71.1 Å². The highest BCUT2D eigenvalue weighted by Gasteiger charge is 2.23. The van der Waals surface area contributed by atoms with Crippen molar-refractivity contribution in [1.82, 2.24) is 10.3 Å². The van der Waals surface area contributed by atoms with Crippen molar-refractivity contribution in [3.63, 3.8) is 0 Å². The summed E-state index contributed by atoms with van der Waals surface area (Å²) in [6.45, 7) is 2.03. The number of aryl methyl sites for hydroxylation is 1. The Bertz CT molecular complexity index is 695. The number of benzene rings is 1. The highest BCUT2D eigenvalue weighted by molar-refractivity contribution is 7.22. The van der Waals surface area contributed by atoms with Gasteiger partial charge < -0.3 is 10.6 Å². The molecule has 2 amide bonds. The maximum atomic E-state index is 12.3. The molecule has 1 aromatic heterocycles. The Hall–Kier alpha value is -1.95. The number of aromatic nitrogens is 1. The minimum absolute atomic E-state index is 0.0485. The fraction of sp³-hybridized carbons (Fsp3) is 0.400. The molecule has 1 aliphatic rings. The Morgan fingerprint density at radius 3 is 3.14 bits per heavy atom. The van der Waals surface area contributed by atoms with Crippen molar-refractivity contribution in [1.29, 1.82) is 0 Å². The number of nitrogens with zero attached hydrogens (tertiary/aromatic N) is 1. The number of carbonyl (C=O) groups excluding carboxylic acids is 2. The van der Waals surface area contributed by atoms with Crippen LogP contribution in [0.4, 0.5) is 5.13 Å². The van der Waals surface area contributed by atoms with Crippen molar-refractivity contribution >= 4 is 38.5 Å². The van der Waals surface area contributed by atoms with Gasteiger partial charge in [0.05, 0.1) is 10.2 Å². The number of hydrogen-bond acceptors (Lipinski definition) is 4.